The molecule has 0 saturated carbocycles. The first-order valence-electron chi connectivity index (χ1n) is 4.81. The van der Waals surface area contributed by atoms with Crippen molar-refractivity contribution in [1.82, 2.24) is 5.32 Å². The van der Waals surface area contributed by atoms with Gasteiger partial charge in [-0.05, 0) is 44.7 Å². The number of halogens is 2. The first-order chi connectivity index (χ1) is 7.02. The van der Waals surface area contributed by atoms with E-state index in [1.807, 2.05) is 27.0 Å². The third-order valence-corrected chi connectivity index (χ3v) is 2.51. The quantitative estimate of drug-likeness (QED) is 0.825. The van der Waals surface area contributed by atoms with E-state index >= 15 is 0 Å². The van der Waals surface area contributed by atoms with Gasteiger partial charge in [-0.3, -0.25) is 0 Å². The van der Waals surface area contributed by atoms with Crippen molar-refractivity contribution in [3.05, 3.63) is 45.7 Å². The molecule has 15 heavy (non-hydrogen) atoms. The molecular weight excluding hydrogens is 257 g/mol. The standard InChI is InChI=1S/C12H15BrFN/c1-8(2)4-12(15-3)9-5-10(13)7-11(14)6-9/h4-7,12,15H,1-3H3. The molecule has 0 aliphatic heterocycles. The Morgan fingerprint density at radius 1 is 1.40 bits per heavy atom. The Labute approximate surface area is 98.5 Å². The SMILES string of the molecule is CNC(C=C(C)C)c1cc(F)cc(Br)c1. The third-order valence-electron chi connectivity index (χ3n) is 2.06. The van der Waals surface area contributed by atoms with Gasteiger partial charge in [0.1, 0.15) is 5.82 Å². The van der Waals surface area contributed by atoms with Crippen LogP contribution in [0.25, 0.3) is 0 Å². The van der Waals surface area contributed by atoms with Gasteiger partial charge in [-0.25, -0.2) is 4.39 Å². The fraction of sp³-hybridized carbons (Fsp3) is 0.333. The number of rotatable bonds is 3. The van der Waals surface area contributed by atoms with Crippen LogP contribution in [0.5, 0.6) is 0 Å². The first kappa shape index (κ1) is 12.4. The van der Waals surface area contributed by atoms with Crippen molar-refractivity contribution in [3.8, 4) is 0 Å². The normalized spacial score (nSPS) is 12.3. The molecular formula is C12H15BrFN. The van der Waals surface area contributed by atoms with E-state index in [2.05, 4.69) is 27.3 Å². The van der Waals surface area contributed by atoms with E-state index in [1.165, 1.54) is 11.6 Å². The van der Waals surface area contributed by atoms with Crippen molar-refractivity contribution in [2.24, 2.45) is 0 Å². The number of allylic oxidation sites excluding steroid dienone is 1. The fourth-order valence-corrected chi connectivity index (χ4v) is 1.92. The lowest BCUT2D eigenvalue weighted by atomic mass is 10.0. The van der Waals surface area contributed by atoms with Crippen LogP contribution in [0.3, 0.4) is 0 Å². The topological polar surface area (TPSA) is 12.0 Å². The summed E-state index contributed by atoms with van der Waals surface area (Å²) in [5.74, 6) is -0.221. The van der Waals surface area contributed by atoms with Crippen LogP contribution in [0.2, 0.25) is 0 Å². The smallest absolute Gasteiger partial charge is 0.124 e. The van der Waals surface area contributed by atoms with Crippen molar-refractivity contribution < 1.29 is 4.39 Å². The largest absolute Gasteiger partial charge is 0.310 e. The van der Waals surface area contributed by atoms with Crippen LogP contribution < -0.4 is 5.32 Å². The van der Waals surface area contributed by atoms with Crippen molar-refractivity contribution in [3.63, 3.8) is 0 Å². The van der Waals surface area contributed by atoms with Gasteiger partial charge in [0, 0.05) is 4.47 Å². The summed E-state index contributed by atoms with van der Waals surface area (Å²) in [5, 5.41) is 3.14. The molecule has 0 aliphatic carbocycles. The highest BCUT2D eigenvalue weighted by Crippen LogP contribution is 2.21. The molecule has 0 saturated heterocycles. The molecule has 0 aromatic heterocycles. The molecule has 0 bridgehead atoms. The molecule has 1 aromatic rings. The number of hydrogen-bond donors (Lipinski definition) is 1. The highest BCUT2D eigenvalue weighted by atomic mass is 79.9. The van der Waals surface area contributed by atoms with Gasteiger partial charge in [0.05, 0.1) is 6.04 Å². The van der Waals surface area contributed by atoms with E-state index in [1.54, 1.807) is 6.07 Å². The van der Waals surface area contributed by atoms with Crippen LogP contribution >= 0.6 is 15.9 Å². The average molecular weight is 272 g/mol. The monoisotopic (exact) mass is 271 g/mol. The van der Waals surface area contributed by atoms with Crippen molar-refractivity contribution in [2.75, 3.05) is 7.05 Å². The van der Waals surface area contributed by atoms with Gasteiger partial charge in [0.25, 0.3) is 0 Å². The minimum Gasteiger partial charge on any atom is -0.310 e. The fourth-order valence-electron chi connectivity index (χ4n) is 1.43. The minimum atomic E-state index is -0.221. The summed E-state index contributed by atoms with van der Waals surface area (Å²) < 4.78 is 13.9. The van der Waals surface area contributed by atoms with Crippen LogP contribution in [0.4, 0.5) is 4.39 Å². The summed E-state index contributed by atoms with van der Waals surface area (Å²) in [5.41, 5.74) is 2.13. The van der Waals surface area contributed by atoms with E-state index < -0.39 is 0 Å². The molecule has 0 fully saturated rings. The summed E-state index contributed by atoms with van der Waals surface area (Å²) in [6.45, 7) is 4.05. The van der Waals surface area contributed by atoms with Gasteiger partial charge in [-0.1, -0.05) is 27.6 Å². The molecule has 0 heterocycles. The van der Waals surface area contributed by atoms with E-state index in [0.29, 0.717) is 0 Å². The summed E-state index contributed by atoms with van der Waals surface area (Å²) in [6, 6.07) is 4.98. The Kier molecular flexibility index (Phi) is 4.48. The van der Waals surface area contributed by atoms with Crippen LogP contribution in [-0.2, 0) is 0 Å². The number of benzene rings is 1. The lowest BCUT2D eigenvalue weighted by Crippen LogP contribution is -2.14. The van der Waals surface area contributed by atoms with Crippen LogP contribution in [0, 0.1) is 5.82 Å². The zero-order valence-corrected chi connectivity index (χ0v) is 10.7. The molecule has 0 spiro atoms. The summed E-state index contributed by atoms with van der Waals surface area (Å²) in [4.78, 5) is 0. The van der Waals surface area contributed by atoms with Crippen molar-refractivity contribution >= 4 is 15.9 Å². The van der Waals surface area contributed by atoms with Gasteiger partial charge in [-0.15, -0.1) is 0 Å². The summed E-state index contributed by atoms with van der Waals surface area (Å²) in [6.07, 6.45) is 2.07. The highest BCUT2D eigenvalue weighted by Gasteiger charge is 2.08. The molecule has 1 rings (SSSR count). The van der Waals surface area contributed by atoms with Crippen LogP contribution in [-0.4, -0.2) is 7.05 Å². The van der Waals surface area contributed by atoms with Gasteiger partial charge in [0.2, 0.25) is 0 Å². The second kappa shape index (κ2) is 5.42. The molecule has 1 atom stereocenters. The second-order valence-corrected chi connectivity index (χ2v) is 4.63. The molecule has 0 amide bonds. The van der Waals surface area contributed by atoms with Crippen LogP contribution in [0.15, 0.2) is 34.3 Å². The molecule has 1 aromatic carbocycles. The molecule has 3 heteroatoms. The third kappa shape index (κ3) is 3.76. The molecule has 0 aliphatic rings. The maximum Gasteiger partial charge on any atom is 0.124 e. The zero-order chi connectivity index (χ0) is 11.4. The Balaban J connectivity index is 3.07. The average Bonchev–Trinajstić information content (AvgIpc) is 2.12. The number of likely N-dealkylation sites (N-methyl/N-ethyl adjacent to an activating group) is 1. The Bertz CT molecular complexity index is 350. The minimum absolute atomic E-state index is 0.0574. The van der Waals surface area contributed by atoms with Gasteiger partial charge >= 0.3 is 0 Å². The predicted octanol–water partition coefficient (Wildman–Crippen LogP) is 3.81. The van der Waals surface area contributed by atoms with Gasteiger partial charge in [-0.2, -0.15) is 0 Å². The molecule has 0 radical (unpaired) electrons. The maximum atomic E-state index is 13.2. The van der Waals surface area contributed by atoms with Crippen LogP contribution in [0.1, 0.15) is 25.5 Å². The Morgan fingerprint density at radius 2 is 2.07 bits per heavy atom. The van der Waals surface area contributed by atoms with Crippen molar-refractivity contribution in [1.29, 1.82) is 0 Å². The predicted molar refractivity (Wildman–Crippen MR) is 65.3 cm³/mol. The van der Waals surface area contributed by atoms with E-state index in [-0.39, 0.29) is 11.9 Å². The number of nitrogens with one attached hydrogen (secondary N) is 1. The van der Waals surface area contributed by atoms with Gasteiger partial charge in [0.15, 0.2) is 0 Å². The first-order valence-corrected chi connectivity index (χ1v) is 5.60. The number of hydrogen-bond acceptors (Lipinski definition) is 1. The Morgan fingerprint density at radius 3 is 2.53 bits per heavy atom. The lowest BCUT2D eigenvalue weighted by Gasteiger charge is -2.13. The second-order valence-electron chi connectivity index (χ2n) is 3.71. The van der Waals surface area contributed by atoms with E-state index in [9.17, 15) is 4.39 Å². The summed E-state index contributed by atoms with van der Waals surface area (Å²) in [7, 11) is 1.86. The molecule has 1 nitrogen and oxygen atoms in total. The maximum absolute atomic E-state index is 13.2. The summed E-state index contributed by atoms with van der Waals surface area (Å²) >= 11 is 3.29. The van der Waals surface area contributed by atoms with Crippen molar-refractivity contribution in [2.45, 2.75) is 19.9 Å². The van der Waals surface area contributed by atoms with E-state index in [0.717, 1.165) is 10.0 Å². The zero-order valence-electron chi connectivity index (χ0n) is 9.14. The molecule has 1 unspecified atom stereocenters. The van der Waals surface area contributed by atoms with Gasteiger partial charge < -0.3 is 5.32 Å². The highest BCUT2D eigenvalue weighted by molar-refractivity contribution is 9.10. The Hall–Kier alpha value is -0.670. The molecule has 82 valence electrons. The van der Waals surface area contributed by atoms with E-state index in [4.69, 9.17) is 0 Å². The lowest BCUT2D eigenvalue weighted by molar-refractivity contribution is 0.617. The molecule has 1 N–H and O–H groups in total.